The fourth-order valence-corrected chi connectivity index (χ4v) is 2.13. The molecule has 0 N–H and O–H groups in total. The molecule has 0 aliphatic carbocycles. The SMILES string of the molecule is COC1COC(c2cccc3ccccc23)O1. The maximum absolute atomic E-state index is 5.66. The molecule has 88 valence electrons. The zero-order valence-electron chi connectivity index (χ0n) is 9.63. The number of hydrogen-bond acceptors (Lipinski definition) is 3. The first kappa shape index (κ1) is 10.7. The van der Waals surface area contributed by atoms with E-state index in [-0.39, 0.29) is 12.6 Å². The Morgan fingerprint density at radius 2 is 1.94 bits per heavy atom. The average Bonchev–Trinajstić information content (AvgIpc) is 2.87. The minimum absolute atomic E-state index is 0.265. The Hall–Kier alpha value is -1.42. The van der Waals surface area contributed by atoms with Crippen molar-refractivity contribution in [2.75, 3.05) is 13.7 Å². The lowest BCUT2D eigenvalue weighted by atomic mass is 10.0. The summed E-state index contributed by atoms with van der Waals surface area (Å²) in [6, 6.07) is 14.4. The highest BCUT2D eigenvalue weighted by molar-refractivity contribution is 5.85. The summed E-state index contributed by atoms with van der Waals surface area (Å²) in [5, 5.41) is 2.36. The normalized spacial score (nSPS) is 24.3. The Balaban J connectivity index is 2.00. The summed E-state index contributed by atoms with van der Waals surface area (Å²) in [4.78, 5) is 0. The lowest BCUT2D eigenvalue weighted by molar-refractivity contribution is -0.131. The lowest BCUT2D eigenvalue weighted by Crippen LogP contribution is -2.11. The van der Waals surface area contributed by atoms with Crippen LogP contribution in [0.2, 0.25) is 0 Å². The van der Waals surface area contributed by atoms with Crippen LogP contribution in [0.5, 0.6) is 0 Å². The molecule has 2 unspecified atom stereocenters. The van der Waals surface area contributed by atoms with Crippen LogP contribution in [0, 0.1) is 0 Å². The van der Waals surface area contributed by atoms with Gasteiger partial charge in [0.05, 0.1) is 0 Å². The number of methoxy groups -OCH3 is 1. The molecule has 1 aliphatic heterocycles. The highest BCUT2D eigenvalue weighted by atomic mass is 16.8. The summed E-state index contributed by atoms with van der Waals surface area (Å²) in [6.45, 7) is 0.477. The van der Waals surface area contributed by atoms with Gasteiger partial charge in [-0.15, -0.1) is 0 Å². The molecule has 0 bridgehead atoms. The van der Waals surface area contributed by atoms with Crippen LogP contribution in [0.15, 0.2) is 42.5 Å². The fourth-order valence-electron chi connectivity index (χ4n) is 2.13. The molecule has 2 aromatic carbocycles. The minimum Gasteiger partial charge on any atom is -0.353 e. The molecule has 0 spiro atoms. The Morgan fingerprint density at radius 1 is 1.12 bits per heavy atom. The standard InChI is InChI=1S/C14H14O3/c1-15-13-9-16-14(17-13)12-8-4-6-10-5-2-3-7-11(10)12/h2-8,13-14H,9H2,1H3. The summed E-state index contributed by atoms with van der Waals surface area (Å²) < 4.78 is 16.4. The van der Waals surface area contributed by atoms with E-state index in [0.29, 0.717) is 6.61 Å². The van der Waals surface area contributed by atoms with Crippen molar-refractivity contribution in [3.8, 4) is 0 Å². The molecule has 0 aromatic heterocycles. The Morgan fingerprint density at radius 3 is 2.76 bits per heavy atom. The van der Waals surface area contributed by atoms with Gasteiger partial charge in [0, 0.05) is 12.7 Å². The van der Waals surface area contributed by atoms with Crippen molar-refractivity contribution in [2.24, 2.45) is 0 Å². The van der Waals surface area contributed by atoms with Crippen molar-refractivity contribution in [3.05, 3.63) is 48.0 Å². The molecule has 2 atom stereocenters. The van der Waals surface area contributed by atoms with E-state index < -0.39 is 0 Å². The first-order valence-electron chi connectivity index (χ1n) is 5.66. The summed E-state index contributed by atoms with van der Waals surface area (Å²) in [5.74, 6) is 0. The summed E-state index contributed by atoms with van der Waals surface area (Å²) in [7, 11) is 1.62. The number of fused-ring (bicyclic) bond motifs is 1. The van der Waals surface area contributed by atoms with Gasteiger partial charge in [-0.3, -0.25) is 0 Å². The predicted octanol–water partition coefficient (Wildman–Crippen LogP) is 2.86. The largest absolute Gasteiger partial charge is 0.353 e. The lowest BCUT2D eigenvalue weighted by Gasteiger charge is -2.13. The summed E-state index contributed by atoms with van der Waals surface area (Å²) >= 11 is 0. The monoisotopic (exact) mass is 230 g/mol. The van der Waals surface area contributed by atoms with Gasteiger partial charge in [0.25, 0.3) is 0 Å². The molecule has 0 radical (unpaired) electrons. The molecule has 1 aliphatic rings. The van der Waals surface area contributed by atoms with Crippen LogP contribution < -0.4 is 0 Å². The third-order valence-corrected chi connectivity index (χ3v) is 3.00. The molecule has 3 rings (SSSR count). The number of benzene rings is 2. The Bertz CT molecular complexity index is 518. The predicted molar refractivity (Wildman–Crippen MR) is 64.5 cm³/mol. The maximum atomic E-state index is 5.66. The first-order chi connectivity index (χ1) is 8.38. The van der Waals surface area contributed by atoms with Gasteiger partial charge in [-0.05, 0) is 10.8 Å². The first-order valence-corrected chi connectivity index (χ1v) is 5.66. The third kappa shape index (κ3) is 1.93. The van der Waals surface area contributed by atoms with Crippen LogP contribution in [-0.4, -0.2) is 20.0 Å². The zero-order chi connectivity index (χ0) is 11.7. The van der Waals surface area contributed by atoms with Gasteiger partial charge in [0.1, 0.15) is 6.61 Å². The van der Waals surface area contributed by atoms with E-state index in [1.807, 2.05) is 24.3 Å². The molecule has 3 nitrogen and oxygen atoms in total. The highest BCUT2D eigenvalue weighted by Gasteiger charge is 2.27. The van der Waals surface area contributed by atoms with Gasteiger partial charge >= 0.3 is 0 Å². The van der Waals surface area contributed by atoms with Crippen LogP contribution in [0.4, 0.5) is 0 Å². The van der Waals surface area contributed by atoms with Crippen molar-refractivity contribution >= 4 is 10.8 Å². The van der Waals surface area contributed by atoms with E-state index in [9.17, 15) is 0 Å². The second kappa shape index (κ2) is 4.45. The third-order valence-electron chi connectivity index (χ3n) is 3.00. The molecule has 17 heavy (non-hydrogen) atoms. The molecular formula is C14H14O3. The van der Waals surface area contributed by atoms with Crippen LogP contribution in [0.25, 0.3) is 10.8 Å². The van der Waals surface area contributed by atoms with Crippen molar-refractivity contribution < 1.29 is 14.2 Å². The van der Waals surface area contributed by atoms with Gasteiger partial charge in [-0.25, -0.2) is 0 Å². The fraction of sp³-hybridized carbons (Fsp3) is 0.286. The summed E-state index contributed by atoms with van der Waals surface area (Å²) in [5.41, 5.74) is 1.06. The van der Waals surface area contributed by atoms with E-state index in [1.54, 1.807) is 7.11 Å². The van der Waals surface area contributed by atoms with Crippen molar-refractivity contribution in [1.29, 1.82) is 0 Å². The Kier molecular flexibility index (Phi) is 2.81. The molecular weight excluding hydrogens is 216 g/mol. The number of rotatable bonds is 2. The van der Waals surface area contributed by atoms with Gasteiger partial charge in [0.15, 0.2) is 12.6 Å². The summed E-state index contributed by atoms with van der Waals surface area (Å²) in [6.07, 6.45) is -0.593. The molecule has 2 aromatic rings. The average molecular weight is 230 g/mol. The van der Waals surface area contributed by atoms with Gasteiger partial charge in [-0.2, -0.15) is 0 Å². The van der Waals surface area contributed by atoms with E-state index >= 15 is 0 Å². The smallest absolute Gasteiger partial charge is 0.187 e. The zero-order valence-corrected chi connectivity index (χ0v) is 9.63. The molecule has 0 saturated carbocycles. The van der Waals surface area contributed by atoms with Crippen LogP contribution in [-0.2, 0) is 14.2 Å². The van der Waals surface area contributed by atoms with Gasteiger partial charge < -0.3 is 14.2 Å². The van der Waals surface area contributed by atoms with Gasteiger partial charge in [0.2, 0.25) is 0 Å². The molecule has 1 heterocycles. The quantitative estimate of drug-likeness (QED) is 0.794. The van der Waals surface area contributed by atoms with E-state index in [1.165, 1.54) is 5.39 Å². The highest BCUT2D eigenvalue weighted by Crippen LogP contribution is 2.32. The molecule has 3 heteroatoms. The molecule has 1 saturated heterocycles. The van der Waals surface area contributed by atoms with E-state index in [2.05, 4.69) is 18.2 Å². The van der Waals surface area contributed by atoms with E-state index in [0.717, 1.165) is 10.9 Å². The number of ether oxygens (including phenoxy) is 3. The van der Waals surface area contributed by atoms with Gasteiger partial charge in [-0.1, -0.05) is 42.5 Å². The number of hydrogen-bond donors (Lipinski definition) is 0. The second-order valence-corrected chi connectivity index (χ2v) is 4.03. The van der Waals surface area contributed by atoms with E-state index in [4.69, 9.17) is 14.2 Å². The van der Waals surface area contributed by atoms with Crippen LogP contribution >= 0.6 is 0 Å². The van der Waals surface area contributed by atoms with Crippen molar-refractivity contribution in [3.63, 3.8) is 0 Å². The topological polar surface area (TPSA) is 27.7 Å². The molecule has 0 amide bonds. The van der Waals surface area contributed by atoms with Crippen molar-refractivity contribution in [2.45, 2.75) is 12.6 Å². The molecule has 1 fully saturated rings. The minimum atomic E-state index is -0.328. The van der Waals surface area contributed by atoms with Crippen LogP contribution in [0.3, 0.4) is 0 Å². The maximum Gasteiger partial charge on any atom is 0.187 e. The second-order valence-electron chi connectivity index (χ2n) is 4.03. The van der Waals surface area contributed by atoms with Crippen molar-refractivity contribution in [1.82, 2.24) is 0 Å². The Labute approximate surface area is 99.9 Å². The van der Waals surface area contributed by atoms with Crippen LogP contribution in [0.1, 0.15) is 11.9 Å².